The van der Waals surface area contributed by atoms with E-state index in [9.17, 15) is 4.79 Å². The number of carbonyl (C=O) groups is 1. The first-order valence-corrected chi connectivity index (χ1v) is 9.64. The van der Waals surface area contributed by atoms with Crippen LogP contribution in [0, 0.1) is 6.92 Å². The van der Waals surface area contributed by atoms with Gasteiger partial charge in [0.2, 0.25) is 11.8 Å². The molecule has 0 N–H and O–H groups in total. The minimum Gasteiger partial charge on any atom is -0.374 e. The second-order valence-corrected chi connectivity index (χ2v) is 7.58. The standard InChI is InChI=1S/C18H28N4O3/c1-13-19-18(25-20-13)14-6-8-21(9-7-14)12-17(23)22-10-11-24-16-5-3-2-4-15(16)22/h14-16H,2-12H2,1H3/t15-,16+/m0/s1. The van der Waals surface area contributed by atoms with E-state index < -0.39 is 0 Å². The highest BCUT2D eigenvalue weighted by atomic mass is 16.5. The maximum Gasteiger partial charge on any atom is 0.237 e. The summed E-state index contributed by atoms with van der Waals surface area (Å²) in [5.41, 5.74) is 0. The van der Waals surface area contributed by atoms with E-state index in [0.29, 0.717) is 30.9 Å². The molecule has 3 aliphatic rings. The zero-order chi connectivity index (χ0) is 17.2. The summed E-state index contributed by atoms with van der Waals surface area (Å²) in [6.45, 7) is 5.64. The van der Waals surface area contributed by atoms with Gasteiger partial charge in [-0.3, -0.25) is 9.69 Å². The highest BCUT2D eigenvalue weighted by Crippen LogP contribution is 2.29. The molecule has 1 aromatic heterocycles. The molecule has 1 saturated carbocycles. The average molecular weight is 348 g/mol. The molecule has 1 aromatic rings. The van der Waals surface area contributed by atoms with Crippen molar-refractivity contribution in [3.8, 4) is 0 Å². The van der Waals surface area contributed by atoms with Crippen molar-refractivity contribution < 1.29 is 14.1 Å². The summed E-state index contributed by atoms with van der Waals surface area (Å²) in [6.07, 6.45) is 6.85. The second kappa shape index (κ2) is 7.41. The number of piperidine rings is 1. The summed E-state index contributed by atoms with van der Waals surface area (Å²) in [7, 11) is 0. The van der Waals surface area contributed by atoms with E-state index in [1.165, 1.54) is 12.8 Å². The van der Waals surface area contributed by atoms with Crippen LogP contribution in [0.1, 0.15) is 56.2 Å². The Morgan fingerprint density at radius 2 is 1.96 bits per heavy atom. The van der Waals surface area contributed by atoms with Crippen LogP contribution < -0.4 is 0 Å². The van der Waals surface area contributed by atoms with Crippen molar-refractivity contribution in [2.45, 2.75) is 63.5 Å². The molecule has 0 bridgehead atoms. The van der Waals surface area contributed by atoms with E-state index in [4.69, 9.17) is 9.26 Å². The molecular formula is C18H28N4O3. The number of ether oxygens (including phenoxy) is 1. The van der Waals surface area contributed by atoms with Crippen molar-refractivity contribution in [1.82, 2.24) is 19.9 Å². The van der Waals surface area contributed by atoms with Gasteiger partial charge >= 0.3 is 0 Å². The van der Waals surface area contributed by atoms with Gasteiger partial charge in [0, 0.05) is 12.5 Å². The Labute approximate surface area is 148 Å². The molecule has 0 unspecified atom stereocenters. The van der Waals surface area contributed by atoms with E-state index in [-0.39, 0.29) is 12.0 Å². The molecule has 1 aliphatic carbocycles. The molecule has 3 heterocycles. The first-order valence-electron chi connectivity index (χ1n) is 9.64. The van der Waals surface area contributed by atoms with E-state index in [2.05, 4.69) is 19.9 Å². The monoisotopic (exact) mass is 348 g/mol. The Balaban J connectivity index is 1.30. The first kappa shape index (κ1) is 17.0. The van der Waals surface area contributed by atoms with Crippen molar-refractivity contribution in [2.75, 3.05) is 32.8 Å². The van der Waals surface area contributed by atoms with Gasteiger partial charge < -0.3 is 14.2 Å². The van der Waals surface area contributed by atoms with Crippen LogP contribution in [0.2, 0.25) is 0 Å². The molecular weight excluding hydrogens is 320 g/mol. The van der Waals surface area contributed by atoms with Gasteiger partial charge in [-0.2, -0.15) is 4.98 Å². The predicted molar refractivity (Wildman–Crippen MR) is 91.2 cm³/mol. The summed E-state index contributed by atoms with van der Waals surface area (Å²) >= 11 is 0. The molecule has 25 heavy (non-hydrogen) atoms. The van der Waals surface area contributed by atoms with Crippen molar-refractivity contribution in [1.29, 1.82) is 0 Å². The largest absolute Gasteiger partial charge is 0.374 e. The van der Waals surface area contributed by atoms with Gasteiger partial charge in [0.05, 0.1) is 25.3 Å². The maximum absolute atomic E-state index is 12.9. The third-order valence-corrected chi connectivity index (χ3v) is 5.89. The Morgan fingerprint density at radius 3 is 2.72 bits per heavy atom. The molecule has 0 spiro atoms. The number of morpholine rings is 1. The molecule has 1 amide bonds. The van der Waals surface area contributed by atoms with Gasteiger partial charge in [0.15, 0.2) is 5.82 Å². The number of hydrogen-bond donors (Lipinski definition) is 0. The summed E-state index contributed by atoms with van der Waals surface area (Å²) in [4.78, 5) is 21.6. The molecule has 3 fully saturated rings. The third-order valence-electron chi connectivity index (χ3n) is 5.89. The first-order chi connectivity index (χ1) is 12.2. The van der Waals surface area contributed by atoms with Gasteiger partial charge in [0.1, 0.15) is 0 Å². The summed E-state index contributed by atoms with van der Waals surface area (Å²) in [5, 5.41) is 3.89. The minimum atomic E-state index is 0.262. The summed E-state index contributed by atoms with van der Waals surface area (Å²) < 4.78 is 11.2. The number of carbonyl (C=O) groups excluding carboxylic acids is 1. The van der Waals surface area contributed by atoms with E-state index in [1.807, 2.05) is 6.92 Å². The van der Waals surface area contributed by atoms with Gasteiger partial charge in [-0.15, -0.1) is 0 Å². The number of nitrogens with zero attached hydrogens (tertiary/aromatic N) is 4. The quantitative estimate of drug-likeness (QED) is 0.828. The van der Waals surface area contributed by atoms with E-state index >= 15 is 0 Å². The maximum atomic E-state index is 12.9. The second-order valence-electron chi connectivity index (χ2n) is 7.58. The van der Waals surface area contributed by atoms with Crippen LogP contribution in [0.5, 0.6) is 0 Å². The molecule has 2 atom stereocenters. The number of fused-ring (bicyclic) bond motifs is 1. The fourth-order valence-corrected chi connectivity index (χ4v) is 4.51. The van der Waals surface area contributed by atoms with Crippen LogP contribution in [0.3, 0.4) is 0 Å². The Morgan fingerprint density at radius 1 is 1.16 bits per heavy atom. The SMILES string of the molecule is Cc1noc(C2CCN(CC(=O)N3CCO[C@@H]4CCCC[C@@H]43)CC2)n1. The average Bonchev–Trinajstić information content (AvgIpc) is 3.08. The molecule has 7 heteroatoms. The fourth-order valence-electron chi connectivity index (χ4n) is 4.51. The number of rotatable bonds is 3. The van der Waals surface area contributed by atoms with Crippen molar-refractivity contribution >= 4 is 5.91 Å². The summed E-state index contributed by atoms with van der Waals surface area (Å²) in [5.74, 6) is 2.05. The molecule has 0 aromatic carbocycles. The van der Waals surface area contributed by atoms with Crippen LogP contribution in [-0.2, 0) is 9.53 Å². The van der Waals surface area contributed by atoms with Crippen LogP contribution in [-0.4, -0.2) is 70.8 Å². The lowest BCUT2D eigenvalue weighted by molar-refractivity contribution is -0.150. The van der Waals surface area contributed by atoms with Crippen molar-refractivity contribution in [3.63, 3.8) is 0 Å². The number of hydrogen-bond acceptors (Lipinski definition) is 6. The highest BCUT2D eigenvalue weighted by molar-refractivity contribution is 5.78. The van der Waals surface area contributed by atoms with Crippen LogP contribution in [0.15, 0.2) is 4.52 Å². The van der Waals surface area contributed by atoms with Crippen molar-refractivity contribution in [3.05, 3.63) is 11.7 Å². The van der Waals surface area contributed by atoms with Gasteiger partial charge in [-0.05, 0) is 45.7 Å². The van der Waals surface area contributed by atoms with Crippen molar-refractivity contribution in [2.24, 2.45) is 0 Å². The topological polar surface area (TPSA) is 71.7 Å². The van der Waals surface area contributed by atoms with Crippen LogP contribution in [0.4, 0.5) is 0 Å². The van der Waals surface area contributed by atoms with Gasteiger partial charge in [-0.1, -0.05) is 18.0 Å². The minimum absolute atomic E-state index is 0.262. The Bertz CT molecular complexity index is 595. The molecule has 0 radical (unpaired) electrons. The lowest BCUT2D eigenvalue weighted by Crippen LogP contribution is -2.57. The predicted octanol–water partition coefficient (Wildman–Crippen LogP) is 1.73. The Hall–Kier alpha value is -1.47. The number of aromatic nitrogens is 2. The summed E-state index contributed by atoms with van der Waals surface area (Å²) in [6, 6.07) is 0.300. The molecule has 2 aliphatic heterocycles. The van der Waals surface area contributed by atoms with E-state index in [1.54, 1.807) is 0 Å². The molecule has 7 nitrogen and oxygen atoms in total. The number of amides is 1. The zero-order valence-corrected chi connectivity index (χ0v) is 15.0. The normalized spacial score (nSPS) is 28.8. The lowest BCUT2D eigenvalue weighted by Gasteiger charge is -2.44. The highest BCUT2D eigenvalue weighted by Gasteiger charge is 2.37. The third kappa shape index (κ3) is 3.72. The number of likely N-dealkylation sites (tertiary alicyclic amines) is 1. The lowest BCUT2D eigenvalue weighted by atomic mass is 9.90. The van der Waals surface area contributed by atoms with E-state index in [0.717, 1.165) is 51.2 Å². The molecule has 138 valence electrons. The van der Waals surface area contributed by atoms with Crippen LogP contribution in [0.25, 0.3) is 0 Å². The van der Waals surface area contributed by atoms with Gasteiger partial charge in [0.25, 0.3) is 0 Å². The Kier molecular flexibility index (Phi) is 5.03. The van der Waals surface area contributed by atoms with Gasteiger partial charge in [-0.25, -0.2) is 0 Å². The fraction of sp³-hybridized carbons (Fsp3) is 0.833. The molecule has 4 rings (SSSR count). The molecule has 2 saturated heterocycles. The number of aryl methyl sites for hydroxylation is 1. The smallest absolute Gasteiger partial charge is 0.237 e. The van der Waals surface area contributed by atoms with Crippen LogP contribution >= 0.6 is 0 Å². The zero-order valence-electron chi connectivity index (χ0n) is 15.0.